The number of halogens is 1. The third kappa shape index (κ3) is 4.47. The van der Waals surface area contributed by atoms with Crippen molar-refractivity contribution in [2.24, 2.45) is 0 Å². The number of ether oxygens (including phenoxy) is 1. The zero-order chi connectivity index (χ0) is 20.1. The van der Waals surface area contributed by atoms with Gasteiger partial charge in [-0.15, -0.1) is 0 Å². The minimum absolute atomic E-state index is 0.115. The van der Waals surface area contributed by atoms with E-state index in [-0.39, 0.29) is 11.4 Å². The van der Waals surface area contributed by atoms with E-state index in [1.54, 1.807) is 36.4 Å². The molecule has 3 aromatic rings. The summed E-state index contributed by atoms with van der Waals surface area (Å²) < 4.78 is 5.09. The first-order chi connectivity index (χ1) is 13.5. The van der Waals surface area contributed by atoms with Crippen molar-refractivity contribution in [2.45, 2.75) is 6.92 Å². The molecule has 0 unspecified atom stereocenters. The van der Waals surface area contributed by atoms with E-state index in [9.17, 15) is 9.59 Å². The van der Waals surface area contributed by atoms with Gasteiger partial charge in [0, 0.05) is 11.4 Å². The molecule has 0 spiro atoms. The molecule has 1 aromatic heterocycles. The molecular formula is C21H18ClN3O3. The number of nitrogens with zero attached hydrogens (tertiary/aromatic N) is 1. The molecule has 0 saturated carbocycles. The molecule has 2 N–H and O–H groups in total. The fraction of sp³-hybridized carbons (Fsp3) is 0.0952. The molecule has 1 heterocycles. The fourth-order valence-corrected chi connectivity index (χ4v) is 2.78. The minimum Gasteiger partial charge on any atom is -0.495 e. The summed E-state index contributed by atoms with van der Waals surface area (Å²) in [6.45, 7) is 1.90. The maximum Gasteiger partial charge on any atom is 0.274 e. The fourth-order valence-electron chi connectivity index (χ4n) is 2.53. The molecule has 7 heteroatoms. The van der Waals surface area contributed by atoms with Crippen LogP contribution in [0.25, 0.3) is 0 Å². The summed E-state index contributed by atoms with van der Waals surface area (Å²) in [7, 11) is 1.51. The first-order valence-corrected chi connectivity index (χ1v) is 8.84. The van der Waals surface area contributed by atoms with Crippen molar-refractivity contribution < 1.29 is 14.3 Å². The third-order valence-corrected chi connectivity index (χ3v) is 4.31. The molecule has 2 aromatic carbocycles. The number of hydrogen-bond donors (Lipinski definition) is 2. The van der Waals surface area contributed by atoms with Crippen LogP contribution in [-0.4, -0.2) is 23.9 Å². The lowest BCUT2D eigenvalue weighted by atomic mass is 10.2. The summed E-state index contributed by atoms with van der Waals surface area (Å²) in [6, 6.07) is 17.0. The van der Waals surface area contributed by atoms with Crippen LogP contribution in [0.2, 0.25) is 5.02 Å². The second-order valence-electron chi connectivity index (χ2n) is 5.98. The van der Waals surface area contributed by atoms with Crippen molar-refractivity contribution in [1.82, 2.24) is 4.98 Å². The molecular weight excluding hydrogens is 378 g/mol. The van der Waals surface area contributed by atoms with Gasteiger partial charge in [0.15, 0.2) is 0 Å². The molecule has 28 heavy (non-hydrogen) atoms. The third-order valence-electron chi connectivity index (χ3n) is 4.02. The summed E-state index contributed by atoms with van der Waals surface area (Å²) in [5, 5.41) is 5.87. The van der Waals surface area contributed by atoms with Gasteiger partial charge in [0.2, 0.25) is 0 Å². The highest BCUT2D eigenvalue weighted by atomic mass is 35.5. The molecule has 142 valence electrons. The van der Waals surface area contributed by atoms with Gasteiger partial charge < -0.3 is 15.4 Å². The molecule has 0 radical (unpaired) electrons. The highest BCUT2D eigenvalue weighted by molar-refractivity contribution is 6.32. The number of rotatable bonds is 5. The highest BCUT2D eigenvalue weighted by Gasteiger charge is 2.14. The second kappa shape index (κ2) is 8.54. The minimum atomic E-state index is -0.452. The summed E-state index contributed by atoms with van der Waals surface area (Å²) in [5.74, 6) is -0.337. The molecule has 0 saturated heterocycles. The number of para-hydroxylation sites is 1. The topological polar surface area (TPSA) is 80.3 Å². The van der Waals surface area contributed by atoms with Crippen molar-refractivity contribution in [1.29, 1.82) is 0 Å². The van der Waals surface area contributed by atoms with Gasteiger partial charge in [-0.05, 0) is 48.9 Å². The highest BCUT2D eigenvalue weighted by Crippen LogP contribution is 2.27. The van der Waals surface area contributed by atoms with Crippen LogP contribution in [0.5, 0.6) is 5.75 Å². The van der Waals surface area contributed by atoms with Gasteiger partial charge in [-0.3, -0.25) is 9.59 Å². The normalized spacial score (nSPS) is 10.2. The van der Waals surface area contributed by atoms with Gasteiger partial charge in [0.25, 0.3) is 11.8 Å². The molecule has 3 rings (SSSR count). The first kappa shape index (κ1) is 19.4. The smallest absolute Gasteiger partial charge is 0.274 e. The van der Waals surface area contributed by atoms with E-state index in [0.29, 0.717) is 22.1 Å². The maximum absolute atomic E-state index is 12.5. The van der Waals surface area contributed by atoms with Crippen LogP contribution in [0.4, 0.5) is 11.4 Å². The van der Waals surface area contributed by atoms with Crippen LogP contribution in [0.3, 0.4) is 0 Å². The number of methoxy groups -OCH3 is 1. The summed E-state index contributed by atoms with van der Waals surface area (Å²) in [6.07, 6.45) is 0. The lowest BCUT2D eigenvalue weighted by Gasteiger charge is -2.10. The standard InChI is InChI=1S/C21H18ClN3O3/c1-13-6-3-4-7-16(13)25-21(27)18-9-5-8-17(24-18)20(26)23-14-10-11-19(28-2)15(22)12-14/h3-12H,1-2H3,(H,23,26)(H,25,27). The van der Waals surface area contributed by atoms with E-state index in [2.05, 4.69) is 15.6 Å². The van der Waals surface area contributed by atoms with Crippen molar-refractivity contribution in [2.75, 3.05) is 17.7 Å². The van der Waals surface area contributed by atoms with Crippen molar-refractivity contribution in [3.8, 4) is 5.75 Å². The number of aromatic nitrogens is 1. The number of carbonyl (C=O) groups is 2. The maximum atomic E-state index is 12.5. The second-order valence-corrected chi connectivity index (χ2v) is 6.39. The van der Waals surface area contributed by atoms with Crippen LogP contribution < -0.4 is 15.4 Å². The molecule has 0 atom stereocenters. The van der Waals surface area contributed by atoms with E-state index >= 15 is 0 Å². The van der Waals surface area contributed by atoms with Gasteiger partial charge in [-0.2, -0.15) is 0 Å². The Morgan fingerprint density at radius 3 is 2.25 bits per heavy atom. The van der Waals surface area contributed by atoms with Gasteiger partial charge in [-0.25, -0.2) is 4.98 Å². The monoisotopic (exact) mass is 395 g/mol. The molecule has 0 aliphatic heterocycles. The molecule has 0 aliphatic carbocycles. The average molecular weight is 396 g/mol. The lowest BCUT2D eigenvalue weighted by molar-refractivity contribution is 0.101. The van der Waals surface area contributed by atoms with Gasteiger partial charge in [-0.1, -0.05) is 35.9 Å². The van der Waals surface area contributed by atoms with Gasteiger partial charge >= 0.3 is 0 Å². The molecule has 0 aliphatic rings. The summed E-state index contributed by atoms with van der Waals surface area (Å²) in [5.41, 5.74) is 2.37. The SMILES string of the molecule is COc1ccc(NC(=O)c2cccc(C(=O)Nc3ccccc3C)n2)cc1Cl. The lowest BCUT2D eigenvalue weighted by Crippen LogP contribution is -2.18. The number of amides is 2. The molecule has 2 amide bonds. The Hall–Kier alpha value is -3.38. The largest absolute Gasteiger partial charge is 0.495 e. The number of hydrogen-bond acceptors (Lipinski definition) is 4. The zero-order valence-electron chi connectivity index (χ0n) is 15.3. The first-order valence-electron chi connectivity index (χ1n) is 8.47. The Morgan fingerprint density at radius 2 is 1.61 bits per heavy atom. The van der Waals surface area contributed by atoms with Crippen LogP contribution in [0, 0.1) is 6.92 Å². The Labute approximate surface area is 167 Å². The predicted molar refractivity (Wildman–Crippen MR) is 109 cm³/mol. The van der Waals surface area contributed by atoms with Crippen molar-refractivity contribution in [3.05, 3.63) is 82.6 Å². The quantitative estimate of drug-likeness (QED) is 0.663. The van der Waals surface area contributed by atoms with Gasteiger partial charge in [0.05, 0.1) is 12.1 Å². The number of anilines is 2. The summed E-state index contributed by atoms with van der Waals surface area (Å²) >= 11 is 6.07. The van der Waals surface area contributed by atoms with E-state index in [0.717, 1.165) is 5.56 Å². The number of benzene rings is 2. The van der Waals surface area contributed by atoms with Crippen LogP contribution in [0.15, 0.2) is 60.7 Å². The van der Waals surface area contributed by atoms with E-state index in [1.807, 2.05) is 25.1 Å². The Balaban J connectivity index is 1.75. The zero-order valence-corrected chi connectivity index (χ0v) is 16.1. The van der Waals surface area contributed by atoms with Crippen LogP contribution >= 0.6 is 11.6 Å². The molecule has 0 fully saturated rings. The predicted octanol–water partition coefficient (Wildman–Crippen LogP) is 4.56. The van der Waals surface area contributed by atoms with E-state index in [4.69, 9.17) is 16.3 Å². The van der Waals surface area contributed by atoms with Gasteiger partial charge in [0.1, 0.15) is 17.1 Å². The van der Waals surface area contributed by atoms with Crippen LogP contribution in [0.1, 0.15) is 26.5 Å². The van der Waals surface area contributed by atoms with Crippen LogP contribution in [-0.2, 0) is 0 Å². The number of aryl methyl sites for hydroxylation is 1. The number of carbonyl (C=O) groups excluding carboxylic acids is 2. The molecule has 6 nitrogen and oxygen atoms in total. The average Bonchev–Trinajstić information content (AvgIpc) is 2.70. The number of nitrogens with one attached hydrogen (secondary N) is 2. The summed E-state index contributed by atoms with van der Waals surface area (Å²) in [4.78, 5) is 29.1. The number of pyridine rings is 1. The Morgan fingerprint density at radius 1 is 0.929 bits per heavy atom. The van der Waals surface area contributed by atoms with E-state index < -0.39 is 11.8 Å². The van der Waals surface area contributed by atoms with E-state index in [1.165, 1.54) is 13.2 Å². The Bertz CT molecular complexity index is 1040. The Kier molecular flexibility index (Phi) is 5.91. The molecule has 0 bridgehead atoms. The van der Waals surface area contributed by atoms with Crippen molar-refractivity contribution in [3.63, 3.8) is 0 Å². The van der Waals surface area contributed by atoms with Crippen molar-refractivity contribution >= 4 is 34.8 Å².